The average molecular weight is 193 g/mol. The van der Waals surface area contributed by atoms with E-state index in [1.54, 1.807) is 0 Å². The molecule has 74 valence electrons. The lowest BCUT2D eigenvalue weighted by atomic mass is 10.0. The molecule has 0 fully saturated rings. The summed E-state index contributed by atoms with van der Waals surface area (Å²) in [7, 11) is 0. The molecule has 0 spiro atoms. The fraction of sp³-hybridized carbons (Fsp3) is 0.625. The molecule has 0 atom stereocenters. The SMILES string of the molecule is CC1=C(C(=N)C(F)(F)F)CCCO1. The zero-order valence-electron chi connectivity index (χ0n) is 7.16. The van der Waals surface area contributed by atoms with Gasteiger partial charge in [0, 0.05) is 5.57 Å². The Morgan fingerprint density at radius 3 is 2.54 bits per heavy atom. The van der Waals surface area contributed by atoms with Crippen molar-refractivity contribution in [3.05, 3.63) is 11.3 Å². The smallest absolute Gasteiger partial charge is 0.433 e. The summed E-state index contributed by atoms with van der Waals surface area (Å²) in [5, 5.41) is 6.90. The zero-order valence-corrected chi connectivity index (χ0v) is 7.16. The quantitative estimate of drug-likeness (QED) is 0.638. The van der Waals surface area contributed by atoms with Crippen LogP contribution in [-0.4, -0.2) is 18.5 Å². The van der Waals surface area contributed by atoms with Gasteiger partial charge in [-0.2, -0.15) is 13.2 Å². The fourth-order valence-electron chi connectivity index (χ4n) is 1.21. The van der Waals surface area contributed by atoms with Gasteiger partial charge in [-0.15, -0.1) is 0 Å². The van der Waals surface area contributed by atoms with E-state index in [1.807, 2.05) is 0 Å². The van der Waals surface area contributed by atoms with Gasteiger partial charge in [0.25, 0.3) is 0 Å². The minimum atomic E-state index is -4.56. The van der Waals surface area contributed by atoms with Crippen LogP contribution < -0.4 is 0 Å². The van der Waals surface area contributed by atoms with Crippen LogP contribution in [0.15, 0.2) is 11.3 Å². The van der Waals surface area contributed by atoms with Gasteiger partial charge >= 0.3 is 6.18 Å². The van der Waals surface area contributed by atoms with E-state index in [4.69, 9.17) is 10.1 Å². The largest absolute Gasteiger partial charge is 0.498 e. The minimum absolute atomic E-state index is 0.0150. The van der Waals surface area contributed by atoms with Crippen LogP contribution in [-0.2, 0) is 4.74 Å². The van der Waals surface area contributed by atoms with Crippen molar-refractivity contribution in [3.63, 3.8) is 0 Å². The van der Waals surface area contributed by atoms with Gasteiger partial charge in [0.05, 0.1) is 12.4 Å². The molecule has 0 unspecified atom stereocenters. The van der Waals surface area contributed by atoms with Crippen molar-refractivity contribution in [3.8, 4) is 0 Å². The van der Waals surface area contributed by atoms with Crippen molar-refractivity contribution in [1.82, 2.24) is 0 Å². The molecule has 1 N–H and O–H groups in total. The monoisotopic (exact) mass is 193 g/mol. The van der Waals surface area contributed by atoms with Crippen molar-refractivity contribution < 1.29 is 17.9 Å². The molecule has 0 amide bonds. The molecule has 0 aromatic heterocycles. The zero-order chi connectivity index (χ0) is 10.1. The molecular weight excluding hydrogens is 183 g/mol. The lowest BCUT2D eigenvalue weighted by Gasteiger charge is -2.20. The molecule has 2 nitrogen and oxygen atoms in total. The number of ether oxygens (including phenoxy) is 1. The number of rotatable bonds is 1. The molecule has 1 aliphatic heterocycles. The maximum absolute atomic E-state index is 12.1. The summed E-state index contributed by atoms with van der Waals surface area (Å²) in [6.45, 7) is 1.91. The van der Waals surface area contributed by atoms with Crippen LogP contribution in [0.25, 0.3) is 0 Å². The first-order valence-electron chi connectivity index (χ1n) is 3.91. The third-order valence-corrected chi connectivity index (χ3v) is 1.90. The van der Waals surface area contributed by atoms with E-state index in [9.17, 15) is 13.2 Å². The van der Waals surface area contributed by atoms with Gasteiger partial charge in [0.15, 0.2) is 0 Å². The molecule has 0 aromatic carbocycles. The summed E-state index contributed by atoms with van der Waals surface area (Å²) in [5.41, 5.74) is -1.29. The molecular formula is C8H10F3NO. The highest BCUT2D eigenvalue weighted by Crippen LogP contribution is 2.28. The summed E-state index contributed by atoms with van der Waals surface area (Å²) in [6, 6.07) is 0. The standard InChI is InChI=1S/C8H10F3NO/c1-5-6(3-2-4-13-5)7(12)8(9,10)11/h12H,2-4H2,1H3. The lowest BCUT2D eigenvalue weighted by molar-refractivity contribution is -0.0595. The Balaban J connectivity index is 2.87. The second-order valence-electron chi connectivity index (χ2n) is 2.86. The molecule has 0 saturated heterocycles. The Kier molecular flexibility index (Phi) is 2.63. The first-order valence-corrected chi connectivity index (χ1v) is 3.91. The van der Waals surface area contributed by atoms with Crippen LogP contribution in [0, 0.1) is 5.41 Å². The highest BCUT2D eigenvalue weighted by atomic mass is 19.4. The highest BCUT2D eigenvalue weighted by molar-refractivity contribution is 6.02. The van der Waals surface area contributed by atoms with Crippen LogP contribution in [0.2, 0.25) is 0 Å². The third kappa shape index (κ3) is 2.23. The fourth-order valence-corrected chi connectivity index (χ4v) is 1.21. The van der Waals surface area contributed by atoms with Crippen LogP contribution in [0.4, 0.5) is 13.2 Å². The van der Waals surface area contributed by atoms with Crippen molar-refractivity contribution in [1.29, 1.82) is 5.41 Å². The summed E-state index contributed by atoms with van der Waals surface area (Å²) < 4.78 is 41.2. The van der Waals surface area contributed by atoms with Gasteiger partial charge in [0.2, 0.25) is 0 Å². The van der Waals surface area contributed by atoms with Crippen molar-refractivity contribution >= 4 is 5.71 Å². The number of alkyl halides is 3. The summed E-state index contributed by atoms with van der Waals surface area (Å²) in [6.07, 6.45) is -3.73. The van der Waals surface area contributed by atoms with Crippen LogP contribution in [0.3, 0.4) is 0 Å². The Hall–Kier alpha value is -1.00. The van der Waals surface area contributed by atoms with Crippen LogP contribution in [0.1, 0.15) is 19.8 Å². The molecule has 1 heterocycles. The van der Waals surface area contributed by atoms with Crippen molar-refractivity contribution in [2.45, 2.75) is 25.9 Å². The number of halogens is 3. The van der Waals surface area contributed by atoms with E-state index >= 15 is 0 Å². The first kappa shape index (κ1) is 10.1. The van der Waals surface area contributed by atoms with Gasteiger partial charge in [-0.1, -0.05) is 0 Å². The second-order valence-corrected chi connectivity index (χ2v) is 2.86. The number of hydrogen-bond acceptors (Lipinski definition) is 2. The van der Waals surface area contributed by atoms with Crippen molar-refractivity contribution in [2.75, 3.05) is 6.61 Å². The maximum atomic E-state index is 12.1. The predicted molar refractivity (Wildman–Crippen MR) is 41.7 cm³/mol. The van der Waals surface area contributed by atoms with Gasteiger partial charge in [-0.3, -0.25) is 5.41 Å². The van der Waals surface area contributed by atoms with E-state index in [2.05, 4.69) is 0 Å². The van der Waals surface area contributed by atoms with Gasteiger partial charge in [0.1, 0.15) is 5.71 Å². The van der Waals surface area contributed by atoms with Crippen molar-refractivity contribution in [2.24, 2.45) is 0 Å². The van der Waals surface area contributed by atoms with Gasteiger partial charge in [-0.25, -0.2) is 0 Å². The molecule has 0 bridgehead atoms. The maximum Gasteiger partial charge on any atom is 0.433 e. The summed E-state index contributed by atoms with van der Waals surface area (Å²) in [5.74, 6) is 0.230. The summed E-state index contributed by atoms with van der Waals surface area (Å²) in [4.78, 5) is 0. The van der Waals surface area contributed by atoms with E-state index in [1.165, 1.54) is 6.92 Å². The predicted octanol–water partition coefficient (Wildman–Crippen LogP) is 2.65. The topological polar surface area (TPSA) is 33.1 Å². The molecule has 0 aliphatic carbocycles. The van der Waals surface area contributed by atoms with Gasteiger partial charge in [-0.05, 0) is 19.8 Å². The van der Waals surface area contributed by atoms with E-state index < -0.39 is 11.9 Å². The van der Waals surface area contributed by atoms with E-state index in [0.29, 0.717) is 13.0 Å². The van der Waals surface area contributed by atoms with E-state index in [0.717, 1.165) is 0 Å². The average Bonchev–Trinajstić information content (AvgIpc) is 2.02. The first-order chi connectivity index (χ1) is 5.93. The normalized spacial score (nSPS) is 18.5. The van der Waals surface area contributed by atoms with E-state index in [-0.39, 0.29) is 17.8 Å². The third-order valence-electron chi connectivity index (χ3n) is 1.90. The number of allylic oxidation sites excluding steroid dienone is 2. The molecule has 1 aliphatic rings. The van der Waals surface area contributed by atoms with Crippen LogP contribution >= 0.6 is 0 Å². The molecule has 0 radical (unpaired) electrons. The number of nitrogens with one attached hydrogen (secondary N) is 1. The second kappa shape index (κ2) is 3.40. The molecule has 13 heavy (non-hydrogen) atoms. The number of hydrogen-bond donors (Lipinski definition) is 1. The Labute approximate surface area is 73.9 Å². The molecule has 5 heteroatoms. The highest BCUT2D eigenvalue weighted by Gasteiger charge is 2.38. The Bertz CT molecular complexity index is 255. The Morgan fingerprint density at radius 1 is 1.46 bits per heavy atom. The minimum Gasteiger partial charge on any atom is -0.498 e. The molecule has 0 aromatic rings. The summed E-state index contributed by atoms with van der Waals surface area (Å²) >= 11 is 0. The van der Waals surface area contributed by atoms with Crippen LogP contribution in [0.5, 0.6) is 0 Å². The molecule has 1 rings (SSSR count). The lowest BCUT2D eigenvalue weighted by Crippen LogP contribution is -2.26. The van der Waals surface area contributed by atoms with Gasteiger partial charge < -0.3 is 4.74 Å². The Morgan fingerprint density at radius 2 is 2.08 bits per heavy atom. The molecule has 0 saturated carbocycles.